The minimum atomic E-state index is -0.535. The summed E-state index contributed by atoms with van der Waals surface area (Å²) in [5.74, 6) is -0.348. The van der Waals surface area contributed by atoms with Crippen LogP contribution in [0.5, 0.6) is 0 Å². The van der Waals surface area contributed by atoms with Crippen LogP contribution in [0.15, 0.2) is 57.2 Å². The number of carbonyl (C=O) groups excluding carboxylic acids is 1. The van der Waals surface area contributed by atoms with Gasteiger partial charge in [0, 0.05) is 13.6 Å². The number of hydrogen-bond donors (Lipinski definition) is 1. The van der Waals surface area contributed by atoms with Gasteiger partial charge in [-0.05, 0) is 12.5 Å². The van der Waals surface area contributed by atoms with Crippen LogP contribution < -0.4 is 11.2 Å². The Bertz CT molecular complexity index is 1130. The molecule has 3 rings (SSSR count). The summed E-state index contributed by atoms with van der Waals surface area (Å²) >= 11 is 1.17. The van der Waals surface area contributed by atoms with Gasteiger partial charge in [-0.3, -0.25) is 19.1 Å². The van der Waals surface area contributed by atoms with E-state index in [1.807, 2.05) is 49.4 Å². The lowest BCUT2D eigenvalue weighted by atomic mass is 10.2. The minimum Gasteiger partial charge on any atom is -0.460 e. The molecule has 0 saturated heterocycles. The van der Waals surface area contributed by atoms with Crippen molar-refractivity contribution in [2.24, 2.45) is 7.05 Å². The molecule has 0 atom stereocenters. The number of esters is 1. The Balaban J connectivity index is 1.80. The number of hydrogen-bond acceptors (Lipinski definition) is 6. The predicted octanol–water partition coefficient (Wildman–Crippen LogP) is 1.83. The van der Waals surface area contributed by atoms with Crippen LogP contribution in [0.4, 0.5) is 0 Å². The summed E-state index contributed by atoms with van der Waals surface area (Å²) in [5.41, 5.74) is 0.432. The highest BCUT2D eigenvalue weighted by Gasteiger charge is 2.18. The van der Waals surface area contributed by atoms with Crippen molar-refractivity contribution in [1.82, 2.24) is 19.1 Å². The van der Waals surface area contributed by atoms with E-state index in [1.165, 1.54) is 23.4 Å². The molecule has 1 N–H and O–H groups in total. The fourth-order valence-electron chi connectivity index (χ4n) is 2.61. The molecule has 0 aliphatic rings. The van der Waals surface area contributed by atoms with Crippen LogP contribution in [0.25, 0.3) is 11.2 Å². The summed E-state index contributed by atoms with van der Waals surface area (Å²) in [6.45, 7) is 2.46. The molecule has 2 heterocycles. The van der Waals surface area contributed by atoms with Crippen molar-refractivity contribution in [3.63, 3.8) is 0 Å². The Labute approximate surface area is 164 Å². The van der Waals surface area contributed by atoms with E-state index in [-0.39, 0.29) is 24.0 Å². The van der Waals surface area contributed by atoms with Crippen LogP contribution in [0.2, 0.25) is 0 Å². The zero-order valence-electron chi connectivity index (χ0n) is 15.5. The Morgan fingerprint density at radius 3 is 2.75 bits per heavy atom. The van der Waals surface area contributed by atoms with Crippen LogP contribution in [0, 0.1) is 0 Å². The highest BCUT2D eigenvalue weighted by Crippen LogP contribution is 2.22. The number of thioether (sulfide) groups is 1. The number of fused-ring (bicyclic) bond motifs is 1. The third-order valence-electron chi connectivity index (χ3n) is 4.06. The van der Waals surface area contributed by atoms with Gasteiger partial charge in [0.1, 0.15) is 6.61 Å². The molecule has 0 bridgehead atoms. The van der Waals surface area contributed by atoms with Crippen molar-refractivity contribution >= 4 is 28.9 Å². The SMILES string of the molecule is C/C=C\Cn1c(SCC(=O)OCc2ccccc2)nc2c1c(=O)[nH]c(=O)n2C. The lowest BCUT2D eigenvalue weighted by molar-refractivity contribution is -0.141. The van der Waals surface area contributed by atoms with Gasteiger partial charge in [-0.2, -0.15) is 0 Å². The Kier molecular flexibility index (Phi) is 6.15. The molecular weight excluding hydrogens is 380 g/mol. The largest absolute Gasteiger partial charge is 0.460 e. The minimum absolute atomic E-state index is 0.0395. The van der Waals surface area contributed by atoms with Gasteiger partial charge in [0.2, 0.25) is 0 Å². The fourth-order valence-corrected chi connectivity index (χ4v) is 3.41. The normalized spacial score (nSPS) is 11.4. The van der Waals surface area contributed by atoms with Gasteiger partial charge in [-0.1, -0.05) is 54.2 Å². The molecule has 8 nitrogen and oxygen atoms in total. The summed E-state index contributed by atoms with van der Waals surface area (Å²) in [6.07, 6.45) is 3.72. The quantitative estimate of drug-likeness (QED) is 0.369. The van der Waals surface area contributed by atoms with Crippen molar-refractivity contribution in [1.29, 1.82) is 0 Å². The maximum absolute atomic E-state index is 12.3. The molecule has 3 aromatic rings. The monoisotopic (exact) mass is 400 g/mol. The lowest BCUT2D eigenvalue weighted by Gasteiger charge is -2.06. The summed E-state index contributed by atoms with van der Waals surface area (Å²) < 4.78 is 8.24. The number of imidazole rings is 1. The molecule has 0 amide bonds. The summed E-state index contributed by atoms with van der Waals surface area (Å²) in [6, 6.07) is 9.41. The molecule has 0 aliphatic heterocycles. The number of H-pyrrole nitrogens is 1. The Morgan fingerprint density at radius 1 is 1.29 bits per heavy atom. The van der Waals surface area contributed by atoms with Crippen molar-refractivity contribution in [3.05, 3.63) is 68.9 Å². The summed E-state index contributed by atoms with van der Waals surface area (Å²) in [5, 5.41) is 0.469. The van der Waals surface area contributed by atoms with Crippen molar-refractivity contribution in [2.75, 3.05) is 5.75 Å². The molecule has 0 spiro atoms. The predicted molar refractivity (Wildman–Crippen MR) is 107 cm³/mol. The first kappa shape index (κ1) is 19.7. The van der Waals surface area contributed by atoms with E-state index in [0.717, 1.165) is 5.56 Å². The van der Waals surface area contributed by atoms with E-state index < -0.39 is 11.2 Å². The van der Waals surface area contributed by atoms with E-state index in [4.69, 9.17) is 4.74 Å². The second kappa shape index (κ2) is 8.75. The topological polar surface area (TPSA) is 99.0 Å². The molecule has 0 saturated carbocycles. The first-order valence-electron chi connectivity index (χ1n) is 8.64. The number of nitrogens with zero attached hydrogens (tertiary/aromatic N) is 3. The molecular formula is C19H20N4O4S. The third-order valence-corrected chi connectivity index (χ3v) is 5.01. The zero-order chi connectivity index (χ0) is 20.1. The standard InChI is InChI=1S/C19H20N4O4S/c1-3-4-10-23-15-16(22(2)18(26)21-17(15)25)20-19(23)28-12-14(24)27-11-13-8-6-5-7-9-13/h3-9H,10-12H2,1-2H3,(H,21,25,26)/b4-3-. The van der Waals surface area contributed by atoms with E-state index >= 15 is 0 Å². The van der Waals surface area contributed by atoms with Crippen LogP contribution in [-0.2, 0) is 29.7 Å². The molecule has 9 heteroatoms. The third kappa shape index (κ3) is 4.25. The van der Waals surface area contributed by atoms with Gasteiger partial charge >= 0.3 is 11.7 Å². The molecule has 0 unspecified atom stereocenters. The second-order valence-corrected chi connectivity index (χ2v) is 6.94. The summed E-state index contributed by atoms with van der Waals surface area (Å²) in [4.78, 5) is 42.9. The molecule has 0 fully saturated rings. The van der Waals surface area contributed by atoms with Crippen molar-refractivity contribution in [2.45, 2.75) is 25.2 Å². The van der Waals surface area contributed by atoms with Gasteiger partial charge in [-0.25, -0.2) is 9.78 Å². The van der Waals surface area contributed by atoms with Crippen LogP contribution >= 0.6 is 11.8 Å². The number of allylic oxidation sites excluding steroid dienone is 2. The van der Waals surface area contributed by atoms with Gasteiger partial charge in [-0.15, -0.1) is 0 Å². The number of aromatic nitrogens is 4. The fraction of sp³-hybridized carbons (Fsp3) is 0.263. The van der Waals surface area contributed by atoms with E-state index in [1.54, 1.807) is 4.57 Å². The lowest BCUT2D eigenvalue weighted by Crippen LogP contribution is -2.29. The molecule has 0 aliphatic carbocycles. The van der Waals surface area contributed by atoms with Crippen LogP contribution in [-0.4, -0.2) is 30.8 Å². The van der Waals surface area contributed by atoms with Gasteiger partial charge in [0.15, 0.2) is 16.3 Å². The number of carbonyl (C=O) groups is 1. The Hall–Kier alpha value is -3.07. The number of rotatable bonds is 7. The number of aryl methyl sites for hydroxylation is 1. The summed E-state index contributed by atoms with van der Waals surface area (Å²) in [7, 11) is 1.54. The van der Waals surface area contributed by atoms with E-state index in [2.05, 4.69) is 9.97 Å². The van der Waals surface area contributed by atoms with E-state index in [0.29, 0.717) is 17.2 Å². The van der Waals surface area contributed by atoms with Gasteiger partial charge in [0.05, 0.1) is 5.75 Å². The molecule has 28 heavy (non-hydrogen) atoms. The average Bonchev–Trinajstić information content (AvgIpc) is 3.07. The Morgan fingerprint density at radius 2 is 2.04 bits per heavy atom. The molecule has 146 valence electrons. The first-order chi connectivity index (χ1) is 13.5. The molecule has 1 aromatic carbocycles. The van der Waals surface area contributed by atoms with E-state index in [9.17, 15) is 14.4 Å². The van der Waals surface area contributed by atoms with Crippen LogP contribution in [0.1, 0.15) is 12.5 Å². The van der Waals surface area contributed by atoms with Crippen LogP contribution in [0.3, 0.4) is 0 Å². The van der Waals surface area contributed by atoms with Gasteiger partial charge < -0.3 is 9.30 Å². The number of ether oxygens (including phenoxy) is 1. The van der Waals surface area contributed by atoms with Gasteiger partial charge in [0.25, 0.3) is 5.56 Å². The number of benzene rings is 1. The smallest absolute Gasteiger partial charge is 0.329 e. The van der Waals surface area contributed by atoms with Crippen molar-refractivity contribution < 1.29 is 9.53 Å². The maximum Gasteiger partial charge on any atom is 0.329 e. The highest BCUT2D eigenvalue weighted by molar-refractivity contribution is 7.99. The maximum atomic E-state index is 12.3. The zero-order valence-corrected chi connectivity index (χ0v) is 16.4. The first-order valence-corrected chi connectivity index (χ1v) is 9.63. The average molecular weight is 400 g/mol. The molecule has 2 aromatic heterocycles. The number of aromatic amines is 1. The number of nitrogens with one attached hydrogen (secondary N) is 1. The van der Waals surface area contributed by atoms with Crippen molar-refractivity contribution in [3.8, 4) is 0 Å². The highest BCUT2D eigenvalue weighted by atomic mass is 32.2. The molecule has 0 radical (unpaired) electrons. The second-order valence-electron chi connectivity index (χ2n) is 6.00.